The predicted octanol–water partition coefficient (Wildman–Crippen LogP) is 5.93. The maximum absolute atomic E-state index is 13.4. The van der Waals surface area contributed by atoms with Crippen molar-refractivity contribution < 1.29 is 8.60 Å². The molecule has 0 aliphatic heterocycles. The Morgan fingerprint density at radius 2 is 1.63 bits per heavy atom. The largest absolute Gasteiger partial charge is 0.354 e. The zero-order chi connectivity index (χ0) is 20.9. The van der Waals surface area contributed by atoms with Crippen LogP contribution < -0.4 is 0 Å². The highest BCUT2D eigenvalue weighted by atomic mass is 32.2. The first-order valence-electron chi connectivity index (χ1n) is 9.05. The van der Waals surface area contributed by atoms with Gasteiger partial charge in [0.05, 0.1) is 16.5 Å². The van der Waals surface area contributed by atoms with Crippen molar-refractivity contribution in [3.63, 3.8) is 0 Å². The molecule has 0 aliphatic carbocycles. The standard InChI is InChI=1S/C22H16FN5OS/c23-18-5-1-17(2-6-18)22-20(15-9-11-25-12-10-15)13-21(27-22)16-3-7-19(8-4-16)30(29)14-26-28-24/h1-13,27H,14H2. The van der Waals surface area contributed by atoms with Gasteiger partial charge in [-0.05, 0) is 76.8 Å². The molecule has 1 atom stereocenters. The first-order chi connectivity index (χ1) is 14.7. The van der Waals surface area contributed by atoms with Gasteiger partial charge in [0, 0.05) is 33.5 Å². The molecule has 0 spiro atoms. The van der Waals surface area contributed by atoms with Crippen LogP contribution in [0.25, 0.3) is 44.1 Å². The molecule has 0 bridgehead atoms. The van der Waals surface area contributed by atoms with E-state index < -0.39 is 10.8 Å². The van der Waals surface area contributed by atoms with Crippen LogP contribution in [0.2, 0.25) is 0 Å². The molecule has 2 aromatic heterocycles. The van der Waals surface area contributed by atoms with E-state index >= 15 is 0 Å². The van der Waals surface area contributed by atoms with Gasteiger partial charge in [0.15, 0.2) is 0 Å². The number of nitrogens with zero attached hydrogens (tertiary/aromatic N) is 4. The quantitative estimate of drug-likeness (QED) is 0.239. The Kier molecular flexibility index (Phi) is 5.70. The average molecular weight is 417 g/mol. The highest BCUT2D eigenvalue weighted by Crippen LogP contribution is 2.36. The number of hydrogen-bond acceptors (Lipinski definition) is 3. The Morgan fingerprint density at radius 3 is 2.30 bits per heavy atom. The Morgan fingerprint density at radius 1 is 0.967 bits per heavy atom. The molecule has 0 amide bonds. The molecule has 4 rings (SSSR count). The van der Waals surface area contributed by atoms with Gasteiger partial charge in [-0.1, -0.05) is 17.2 Å². The number of benzene rings is 2. The second kappa shape index (κ2) is 8.73. The molecule has 8 heteroatoms. The minimum absolute atomic E-state index is 0.0980. The minimum Gasteiger partial charge on any atom is -0.354 e. The molecule has 1 N–H and O–H groups in total. The monoisotopic (exact) mass is 417 g/mol. The van der Waals surface area contributed by atoms with Crippen molar-refractivity contribution in [3.8, 4) is 33.6 Å². The van der Waals surface area contributed by atoms with E-state index in [0.717, 1.165) is 33.6 Å². The summed E-state index contributed by atoms with van der Waals surface area (Å²) in [5, 5.41) is 3.36. The van der Waals surface area contributed by atoms with Gasteiger partial charge < -0.3 is 4.98 Å². The first-order valence-corrected chi connectivity index (χ1v) is 10.4. The lowest BCUT2D eigenvalue weighted by atomic mass is 10.0. The Bertz CT molecular complexity index is 1230. The molecule has 0 saturated heterocycles. The Labute approximate surface area is 174 Å². The number of halogens is 1. The zero-order valence-corrected chi connectivity index (χ0v) is 16.5. The predicted molar refractivity (Wildman–Crippen MR) is 115 cm³/mol. The molecule has 30 heavy (non-hydrogen) atoms. The number of nitrogens with one attached hydrogen (secondary N) is 1. The van der Waals surface area contributed by atoms with E-state index in [4.69, 9.17) is 5.53 Å². The Hall–Kier alpha value is -3.74. The van der Waals surface area contributed by atoms with Crippen molar-refractivity contribution in [3.05, 3.63) is 95.4 Å². The van der Waals surface area contributed by atoms with E-state index in [2.05, 4.69) is 20.0 Å². The summed E-state index contributed by atoms with van der Waals surface area (Å²) in [7, 11) is -1.38. The zero-order valence-electron chi connectivity index (χ0n) is 15.7. The molecule has 0 aliphatic rings. The summed E-state index contributed by atoms with van der Waals surface area (Å²) < 4.78 is 25.5. The van der Waals surface area contributed by atoms with Gasteiger partial charge in [0.25, 0.3) is 0 Å². The number of hydrogen-bond donors (Lipinski definition) is 1. The third-order valence-corrected chi connectivity index (χ3v) is 5.76. The lowest BCUT2D eigenvalue weighted by Crippen LogP contribution is -1.94. The fourth-order valence-corrected chi connectivity index (χ4v) is 3.90. The molecule has 4 aromatic rings. The van der Waals surface area contributed by atoms with Crippen LogP contribution in [-0.2, 0) is 10.8 Å². The lowest BCUT2D eigenvalue weighted by molar-refractivity contribution is 0.628. The van der Waals surface area contributed by atoms with Crippen molar-refractivity contribution in [2.45, 2.75) is 4.90 Å². The van der Waals surface area contributed by atoms with E-state index in [9.17, 15) is 8.60 Å². The molecule has 6 nitrogen and oxygen atoms in total. The van der Waals surface area contributed by atoms with Crippen LogP contribution in [0.1, 0.15) is 0 Å². The van der Waals surface area contributed by atoms with Gasteiger partial charge in [-0.25, -0.2) is 4.39 Å². The Balaban J connectivity index is 1.75. The molecule has 1 unspecified atom stereocenters. The summed E-state index contributed by atoms with van der Waals surface area (Å²) in [6, 6.07) is 19.4. The van der Waals surface area contributed by atoms with Gasteiger partial charge in [-0.2, -0.15) is 0 Å². The fourth-order valence-electron chi connectivity index (χ4n) is 3.15. The number of H-pyrrole nitrogens is 1. The van der Waals surface area contributed by atoms with Gasteiger partial charge >= 0.3 is 0 Å². The SMILES string of the molecule is [N-]=[N+]=NCS(=O)c1ccc(-c2cc(-c3ccncc3)c(-c3ccc(F)cc3)[nH]2)cc1. The second-order valence-electron chi connectivity index (χ2n) is 6.44. The molecule has 0 saturated carbocycles. The van der Waals surface area contributed by atoms with E-state index in [1.807, 2.05) is 30.3 Å². The maximum Gasteiger partial charge on any atom is 0.123 e. The normalized spacial score (nSPS) is 11.6. The molecule has 0 radical (unpaired) electrons. The minimum atomic E-state index is -1.38. The van der Waals surface area contributed by atoms with Crippen LogP contribution in [0.15, 0.2) is 89.1 Å². The highest BCUT2D eigenvalue weighted by Gasteiger charge is 2.14. The highest BCUT2D eigenvalue weighted by molar-refractivity contribution is 7.85. The topological polar surface area (TPSA) is 94.5 Å². The van der Waals surface area contributed by atoms with Crippen molar-refractivity contribution in [1.82, 2.24) is 9.97 Å². The smallest absolute Gasteiger partial charge is 0.123 e. The van der Waals surface area contributed by atoms with E-state index in [0.29, 0.717) is 4.90 Å². The van der Waals surface area contributed by atoms with Crippen molar-refractivity contribution in [1.29, 1.82) is 0 Å². The number of aromatic nitrogens is 2. The van der Waals surface area contributed by atoms with Crippen LogP contribution in [0.3, 0.4) is 0 Å². The number of aromatic amines is 1. The summed E-state index contributed by atoms with van der Waals surface area (Å²) >= 11 is 0. The molecule has 148 valence electrons. The van der Waals surface area contributed by atoms with E-state index in [-0.39, 0.29) is 11.7 Å². The first kappa shape index (κ1) is 19.6. The number of azide groups is 1. The molecular weight excluding hydrogens is 401 g/mol. The third-order valence-electron chi connectivity index (χ3n) is 4.61. The molecule has 2 aromatic carbocycles. The van der Waals surface area contributed by atoms with Crippen LogP contribution in [0, 0.1) is 5.82 Å². The van der Waals surface area contributed by atoms with Gasteiger partial charge in [0.2, 0.25) is 0 Å². The summed E-state index contributed by atoms with van der Waals surface area (Å²) in [5.41, 5.74) is 13.8. The second-order valence-corrected chi connectivity index (χ2v) is 7.86. The summed E-state index contributed by atoms with van der Waals surface area (Å²) in [6.07, 6.45) is 3.45. The van der Waals surface area contributed by atoms with Crippen molar-refractivity contribution >= 4 is 10.8 Å². The van der Waals surface area contributed by atoms with Gasteiger partial charge in [-0.3, -0.25) is 9.19 Å². The van der Waals surface area contributed by atoms with Crippen molar-refractivity contribution in [2.24, 2.45) is 5.11 Å². The lowest BCUT2D eigenvalue weighted by Gasteiger charge is -2.04. The summed E-state index contributed by atoms with van der Waals surface area (Å²) in [5.74, 6) is -0.389. The van der Waals surface area contributed by atoms with Gasteiger partial charge in [-0.15, -0.1) is 0 Å². The van der Waals surface area contributed by atoms with Crippen molar-refractivity contribution in [2.75, 3.05) is 5.88 Å². The maximum atomic E-state index is 13.4. The molecule has 2 heterocycles. The fraction of sp³-hybridized carbons (Fsp3) is 0.0455. The molecular formula is C22H16FN5OS. The summed E-state index contributed by atoms with van der Waals surface area (Å²) in [6.45, 7) is 0. The number of pyridine rings is 1. The van der Waals surface area contributed by atoms with Crippen LogP contribution in [0.5, 0.6) is 0 Å². The average Bonchev–Trinajstić information content (AvgIpc) is 3.24. The van der Waals surface area contributed by atoms with Crippen LogP contribution in [-0.4, -0.2) is 20.1 Å². The molecule has 0 fully saturated rings. The summed E-state index contributed by atoms with van der Waals surface area (Å²) in [4.78, 5) is 10.7. The van der Waals surface area contributed by atoms with E-state index in [1.54, 1.807) is 36.7 Å². The van der Waals surface area contributed by atoms with Crippen LogP contribution >= 0.6 is 0 Å². The van der Waals surface area contributed by atoms with E-state index in [1.165, 1.54) is 12.1 Å². The number of rotatable bonds is 6. The van der Waals surface area contributed by atoms with Crippen LogP contribution in [0.4, 0.5) is 4.39 Å². The van der Waals surface area contributed by atoms with Gasteiger partial charge in [0.1, 0.15) is 11.7 Å². The third kappa shape index (κ3) is 4.15.